The van der Waals surface area contributed by atoms with E-state index in [4.69, 9.17) is 32.9 Å². The predicted molar refractivity (Wildman–Crippen MR) is 200 cm³/mol. The third kappa shape index (κ3) is 7.24. The maximum absolute atomic E-state index is 13.5. The van der Waals surface area contributed by atoms with Gasteiger partial charge in [-0.3, -0.25) is 14.0 Å². The number of aliphatic hydroxyl groups is 1. The number of aromatic nitrogens is 3. The van der Waals surface area contributed by atoms with Gasteiger partial charge in [-0.25, -0.2) is 9.97 Å². The van der Waals surface area contributed by atoms with Crippen molar-refractivity contribution in [2.24, 2.45) is 0 Å². The quantitative estimate of drug-likeness (QED) is 0.129. The van der Waals surface area contributed by atoms with E-state index in [1.165, 1.54) is 0 Å². The zero-order valence-corrected chi connectivity index (χ0v) is 30.2. The molecule has 1 saturated heterocycles. The summed E-state index contributed by atoms with van der Waals surface area (Å²) in [5.74, 6) is 0.587. The van der Waals surface area contributed by atoms with Gasteiger partial charge >= 0.3 is 0 Å². The molecule has 1 atom stereocenters. The fourth-order valence-corrected chi connectivity index (χ4v) is 7.80. The van der Waals surface area contributed by atoms with Crippen LogP contribution in [0.5, 0.6) is 5.88 Å². The van der Waals surface area contributed by atoms with Crippen LogP contribution in [0.1, 0.15) is 49.4 Å². The van der Waals surface area contributed by atoms with Gasteiger partial charge in [0.15, 0.2) is 0 Å². The SMILES string of the molecule is COc1nc(-c2cccc(-c3cccc(-c4cc(C)n5c(=O)c(CNC6CC(C)(O)C6)cnc5c4)c3Cl)c2Cl)ccc1CNCC1CCC(=O)N1. The van der Waals surface area contributed by atoms with Gasteiger partial charge in [0.2, 0.25) is 11.8 Å². The Morgan fingerprint density at radius 1 is 0.980 bits per heavy atom. The number of ether oxygens (including phenoxy) is 1. The highest BCUT2D eigenvalue weighted by molar-refractivity contribution is 6.39. The number of rotatable bonds is 11. The number of halogens is 2. The molecule has 4 heterocycles. The van der Waals surface area contributed by atoms with Crippen LogP contribution in [0.4, 0.5) is 0 Å². The minimum atomic E-state index is -0.637. The highest BCUT2D eigenvalue weighted by atomic mass is 35.5. The Balaban J connectivity index is 1.14. The Hall–Kier alpha value is -4.32. The number of amides is 1. The Bertz CT molecular complexity index is 2200. The van der Waals surface area contributed by atoms with Gasteiger partial charge in [0, 0.05) is 77.8 Å². The van der Waals surface area contributed by atoms with Crippen LogP contribution in [0.15, 0.2) is 71.7 Å². The standard InChI is InChI=1S/C39H40Cl2N6O4/c1-22-14-24(15-33-44-20-25(38(49)47(22)33)19-43-27-16-39(2,50)17-27)28-6-4-7-29(35(28)40)30-8-5-9-31(36(30)41)32-12-10-23(37(46-32)51-3)18-42-21-26-11-13-34(48)45-26/h4-10,12,14-15,20,26-27,42-43,50H,11,13,16-19,21H2,1-3H3,(H,45,48). The van der Waals surface area contributed by atoms with Crippen molar-refractivity contribution >= 4 is 34.8 Å². The number of carbonyl (C=O) groups is 1. The zero-order valence-electron chi connectivity index (χ0n) is 28.7. The molecule has 1 unspecified atom stereocenters. The first-order valence-corrected chi connectivity index (χ1v) is 17.9. The Morgan fingerprint density at radius 2 is 1.69 bits per heavy atom. The molecule has 4 N–H and O–H groups in total. The smallest absolute Gasteiger partial charge is 0.262 e. The van der Waals surface area contributed by atoms with Gasteiger partial charge in [-0.05, 0) is 56.9 Å². The van der Waals surface area contributed by atoms with Crippen LogP contribution in [0.3, 0.4) is 0 Å². The van der Waals surface area contributed by atoms with E-state index >= 15 is 0 Å². The van der Waals surface area contributed by atoms with Gasteiger partial charge in [0.1, 0.15) is 5.65 Å². The molecule has 2 aliphatic rings. The number of pyridine rings is 2. The molecule has 1 amide bonds. The fraction of sp³-hybridized carbons (Fsp3) is 0.333. The van der Waals surface area contributed by atoms with E-state index in [0.29, 0.717) is 71.7 Å². The molecular weight excluding hydrogens is 687 g/mol. The number of nitrogens with zero attached hydrogens (tertiary/aromatic N) is 3. The van der Waals surface area contributed by atoms with Crippen LogP contribution in [0, 0.1) is 6.92 Å². The number of methoxy groups -OCH3 is 1. The molecule has 10 nitrogen and oxygen atoms in total. The Morgan fingerprint density at radius 3 is 2.37 bits per heavy atom. The maximum atomic E-state index is 13.5. The number of hydrogen-bond acceptors (Lipinski definition) is 8. The van der Waals surface area contributed by atoms with E-state index < -0.39 is 5.60 Å². The van der Waals surface area contributed by atoms with Crippen LogP contribution in [-0.2, 0) is 17.9 Å². The molecular formula is C39H40Cl2N6O4. The van der Waals surface area contributed by atoms with Crippen LogP contribution >= 0.6 is 23.2 Å². The number of hydrogen-bond donors (Lipinski definition) is 4. The lowest BCUT2D eigenvalue weighted by molar-refractivity contribution is -0.119. The van der Waals surface area contributed by atoms with Crippen molar-refractivity contribution in [2.45, 2.75) is 70.3 Å². The monoisotopic (exact) mass is 726 g/mol. The summed E-state index contributed by atoms with van der Waals surface area (Å²) in [7, 11) is 1.59. The van der Waals surface area contributed by atoms with Gasteiger partial charge < -0.3 is 25.8 Å². The van der Waals surface area contributed by atoms with Gasteiger partial charge in [0.05, 0.1) is 34.0 Å². The van der Waals surface area contributed by atoms with Crippen LogP contribution in [0.25, 0.3) is 39.2 Å². The summed E-state index contributed by atoms with van der Waals surface area (Å²) in [6, 6.07) is 19.6. The van der Waals surface area contributed by atoms with Crippen LogP contribution in [0.2, 0.25) is 10.0 Å². The largest absolute Gasteiger partial charge is 0.481 e. The highest BCUT2D eigenvalue weighted by Crippen LogP contribution is 2.42. The first-order valence-electron chi connectivity index (χ1n) is 17.1. The first kappa shape index (κ1) is 35.1. The molecule has 2 fully saturated rings. The highest BCUT2D eigenvalue weighted by Gasteiger charge is 2.38. The molecule has 0 radical (unpaired) electrons. The minimum absolute atomic E-state index is 0.0939. The summed E-state index contributed by atoms with van der Waals surface area (Å²) in [5.41, 5.74) is 6.48. The molecule has 2 aromatic carbocycles. The molecule has 12 heteroatoms. The Kier molecular flexibility index (Phi) is 9.88. The second-order valence-electron chi connectivity index (χ2n) is 13.8. The van der Waals surface area contributed by atoms with Crippen molar-refractivity contribution in [1.29, 1.82) is 0 Å². The normalized spacial score (nSPS) is 20.0. The molecule has 1 aliphatic carbocycles. The summed E-state index contributed by atoms with van der Waals surface area (Å²) in [6.07, 6.45) is 4.34. The average Bonchev–Trinajstić information content (AvgIpc) is 3.51. The molecule has 5 aromatic rings. The van der Waals surface area contributed by atoms with E-state index in [1.54, 1.807) is 17.7 Å². The molecule has 51 heavy (non-hydrogen) atoms. The van der Waals surface area contributed by atoms with E-state index in [9.17, 15) is 14.7 Å². The van der Waals surface area contributed by atoms with Gasteiger partial charge in [-0.1, -0.05) is 65.7 Å². The van der Waals surface area contributed by atoms with E-state index in [2.05, 4.69) is 20.9 Å². The molecule has 0 spiro atoms. The van der Waals surface area contributed by atoms with Crippen molar-refractivity contribution in [3.05, 3.63) is 104 Å². The lowest BCUT2D eigenvalue weighted by Gasteiger charge is -2.41. The van der Waals surface area contributed by atoms with E-state index in [-0.39, 0.29) is 23.6 Å². The van der Waals surface area contributed by atoms with Crippen LogP contribution in [-0.4, -0.2) is 56.7 Å². The summed E-state index contributed by atoms with van der Waals surface area (Å²) in [5, 5.41) is 20.8. The number of aryl methyl sites for hydroxylation is 1. The van der Waals surface area contributed by atoms with Crippen LogP contribution < -0.4 is 26.2 Å². The van der Waals surface area contributed by atoms with Crippen molar-refractivity contribution < 1.29 is 14.6 Å². The summed E-state index contributed by atoms with van der Waals surface area (Å²) in [4.78, 5) is 34.4. The number of fused-ring (bicyclic) bond motifs is 1. The van der Waals surface area contributed by atoms with Crippen molar-refractivity contribution in [3.8, 4) is 39.4 Å². The second kappa shape index (κ2) is 14.4. The summed E-state index contributed by atoms with van der Waals surface area (Å²) in [6.45, 7) is 5.31. The number of nitrogens with one attached hydrogen (secondary N) is 3. The maximum Gasteiger partial charge on any atom is 0.262 e. The van der Waals surface area contributed by atoms with Crippen molar-refractivity contribution in [3.63, 3.8) is 0 Å². The lowest BCUT2D eigenvalue weighted by atomic mass is 9.77. The third-order valence-electron chi connectivity index (χ3n) is 9.81. The summed E-state index contributed by atoms with van der Waals surface area (Å²) >= 11 is 14.3. The third-order valence-corrected chi connectivity index (χ3v) is 10.6. The van der Waals surface area contributed by atoms with Crippen molar-refractivity contribution in [2.75, 3.05) is 13.7 Å². The molecule has 7 rings (SSSR count). The zero-order chi connectivity index (χ0) is 35.9. The van der Waals surface area contributed by atoms with E-state index in [1.807, 2.05) is 74.5 Å². The summed E-state index contributed by atoms with van der Waals surface area (Å²) < 4.78 is 7.27. The molecule has 264 valence electrons. The number of benzene rings is 2. The Labute approximate surface area is 306 Å². The minimum Gasteiger partial charge on any atom is -0.481 e. The van der Waals surface area contributed by atoms with Gasteiger partial charge in [0.25, 0.3) is 5.56 Å². The molecule has 1 aliphatic heterocycles. The predicted octanol–water partition coefficient (Wildman–Crippen LogP) is 6.09. The fourth-order valence-electron chi connectivity index (χ4n) is 7.14. The average molecular weight is 728 g/mol. The molecule has 0 bridgehead atoms. The van der Waals surface area contributed by atoms with E-state index in [0.717, 1.165) is 45.5 Å². The van der Waals surface area contributed by atoms with Gasteiger partial charge in [-0.15, -0.1) is 0 Å². The lowest BCUT2D eigenvalue weighted by Crippen LogP contribution is -2.51. The van der Waals surface area contributed by atoms with Crippen molar-refractivity contribution in [1.82, 2.24) is 30.3 Å². The number of carbonyl (C=O) groups excluding carboxylic acids is 1. The van der Waals surface area contributed by atoms with Gasteiger partial charge in [-0.2, -0.15) is 0 Å². The topological polar surface area (TPSA) is 130 Å². The first-order chi connectivity index (χ1) is 24.5. The molecule has 1 saturated carbocycles. The molecule has 3 aromatic heterocycles. The second-order valence-corrected chi connectivity index (χ2v) is 14.5.